The maximum Gasteiger partial charge on any atom is 0.300 e. The molecule has 0 unspecified atom stereocenters. The first-order valence-electron chi connectivity index (χ1n) is 9.09. The predicted molar refractivity (Wildman–Crippen MR) is 112 cm³/mol. The maximum absolute atomic E-state index is 13.1. The Labute approximate surface area is 165 Å². The Hall–Kier alpha value is -3.06. The van der Waals surface area contributed by atoms with Gasteiger partial charge in [0.1, 0.15) is 0 Å². The molecule has 0 radical (unpaired) electrons. The molecule has 7 heteroatoms. The van der Waals surface area contributed by atoms with E-state index >= 15 is 0 Å². The van der Waals surface area contributed by atoms with E-state index in [2.05, 4.69) is 10.1 Å². The van der Waals surface area contributed by atoms with Crippen molar-refractivity contribution >= 4 is 38.2 Å². The Kier molecular flexibility index (Phi) is 4.68. The number of benzene rings is 2. The molecular weight excluding hydrogens is 372 g/mol. The second-order valence-corrected chi connectivity index (χ2v) is 8.11. The van der Waals surface area contributed by atoms with Gasteiger partial charge in [0, 0.05) is 19.0 Å². The predicted octanol–water partition coefficient (Wildman–Crippen LogP) is 3.35. The third kappa shape index (κ3) is 3.18. The van der Waals surface area contributed by atoms with Gasteiger partial charge in [0.15, 0.2) is 10.5 Å². The Bertz CT molecular complexity index is 1330. The van der Waals surface area contributed by atoms with Gasteiger partial charge in [-0.1, -0.05) is 55.5 Å². The van der Waals surface area contributed by atoms with Crippen LogP contribution in [0.25, 0.3) is 21.0 Å². The van der Waals surface area contributed by atoms with Gasteiger partial charge < -0.3 is 4.57 Å². The van der Waals surface area contributed by atoms with Gasteiger partial charge in [-0.2, -0.15) is 10.1 Å². The van der Waals surface area contributed by atoms with E-state index in [0.717, 1.165) is 10.2 Å². The lowest BCUT2D eigenvalue weighted by molar-refractivity contribution is 0.0992. The van der Waals surface area contributed by atoms with E-state index in [9.17, 15) is 9.59 Å². The highest BCUT2D eigenvalue weighted by Crippen LogP contribution is 2.17. The number of aromatic nitrogens is 3. The first kappa shape index (κ1) is 18.3. The average Bonchev–Trinajstić information content (AvgIpc) is 2.99. The number of hydrogen-bond acceptors (Lipinski definition) is 4. The van der Waals surface area contributed by atoms with Gasteiger partial charge in [-0.15, -0.1) is 0 Å². The second kappa shape index (κ2) is 7.16. The zero-order chi connectivity index (χ0) is 19.8. The fraction of sp³-hybridized carbons (Fsp3) is 0.238. The summed E-state index contributed by atoms with van der Waals surface area (Å²) in [7, 11) is 1.89. The number of para-hydroxylation sites is 1. The topological polar surface area (TPSA) is 69.2 Å². The first-order chi connectivity index (χ1) is 13.5. The molecular formula is C21H20N4O2S. The van der Waals surface area contributed by atoms with E-state index in [1.54, 1.807) is 24.3 Å². The Morgan fingerprint density at radius 1 is 1.11 bits per heavy atom. The highest BCUT2D eigenvalue weighted by atomic mass is 32.1. The normalized spacial score (nSPS) is 12.4. The van der Waals surface area contributed by atoms with Gasteiger partial charge in [-0.25, -0.2) is 4.68 Å². The van der Waals surface area contributed by atoms with Gasteiger partial charge in [0.25, 0.3) is 5.56 Å². The van der Waals surface area contributed by atoms with E-state index in [4.69, 9.17) is 0 Å². The Balaban J connectivity index is 1.92. The molecule has 0 fully saturated rings. The van der Waals surface area contributed by atoms with Crippen LogP contribution in [-0.2, 0) is 13.6 Å². The van der Waals surface area contributed by atoms with Crippen molar-refractivity contribution < 1.29 is 4.79 Å². The third-order valence-corrected chi connectivity index (χ3v) is 5.63. The van der Waals surface area contributed by atoms with Gasteiger partial charge in [0.05, 0.1) is 15.6 Å². The summed E-state index contributed by atoms with van der Waals surface area (Å²) in [6, 6.07) is 15.0. The van der Waals surface area contributed by atoms with Crippen molar-refractivity contribution in [3.05, 3.63) is 69.4 Å². The largest absolute Gasteiger partial charge is 0.319 e. The van der Waals surface area contributed by atoms with Gasteiger partial charge in [0.2, 0.25) is 0 Å². The van der Waals surface area contributed by atoms with Crippen LogP contribution in [0.2, 0.25) is 0 Å². The zero-order valence-electron chi connectivity index (χ0n) is 15.9. The van der Waals surface area contributed by atoms with Crippen molar-refractivity contribution in [1.82, 2.24) is 14.3 Å². The van der Waals surface area contributed by atoms with Crippen LogP contribution < -0.4 is 10.4 Å². The lowest BCUT2D eigenvalue weighted by Gasteiger charge is -2.10. The third-order valence-electron chi connectivity index (χ3n) is 4.52. The van der Waals surface area contributed by atoms with Crippen molar-refractivity contribution in [3.8, 4) is 0 Å². The van der Waals surface area contributed by atoms with Crippen molar-refractivity contribution in [3.63, 3.8) is 0 Å². The number of thiazole rings is 1. The summed E-state index contributed by atoms with van der Waals surface area (Å²) in [6.45, 7) is 4.46. The van der Waals surface area contributed by atoms with E-state index < -0.39 is 5.91 Å². The van der Waals surface area contributed by atoms with Crippen LogP contribution in [0.15, 0.2) is 58.3 Å². The Morgan fingerprint density at radius 3 is 2.50 bits per heavy atom. The van der Waals surface area contributed by atoms with Crippen molar-refractivity contribution in [1.29, 1.82) is 0 Å². The number of fused-ring (bicyclic) bond motifs is 2. The lowest BCUT2D eigenvalue weighted by Crippen LogP contribution is -2.28. The van der Waals surface area contributed by atoms with Crippen LogP contribution in [0, 0.1) is 5.92 Å². The quantitative estimate of drug-likeness (QED) is 0.537. The molecule has 4 aromatic rings. The average molecular weight is 392 g/mol. The molecule has 6 nitrogen and oxygen atoms in total. The minimum atomic E-state index is -0.448. The summed E-state index contributed by atoms with van der Waals surface area (Å²) < 4.78 is 4.32. The molecule has 142 valence electrons. The zero-order valence-corrected chi connectivity index (χ0v) is 16.7. The smallest absolute Gasteiger partial charge is 0.300 e. The summed E-state index contributed by atoms with van der Waals surface area (Å²) in [5, 5.41) is 5.39. The van der Waals surface area contributed by atoms with E-state index in [1.165, 1.54) is 16.0 Å². The van der Waals surface area contributed by atoms with Crippen LogP contribution >= 0.6 is 11.3 Å². The SMILES string of the molecule is CC(C)Cn1nc(C(=O)N=c2sc3ccccc3n2C)c2ccccc2c1=O. The summed E-state index contributed by atoms with van der Waals surface area (Å²) in [5.41, 5.74) is 1.03. The molecule has 0 saturated carbocycles. The molecule has 0 N–H and O–H groups in total. The molecule has 1 amide bonds. The molecule has 4 rings (SSSR count). The molecule has 0 atom stereocenters. The standard InChI is InChI=1S/C21H20N4O2S/c1-13(2)12-25-20(27)15-9-5-4-8-14(15)18(23-25)19(26)22-21-24(3)16-10-6-7-11-17(16)28-21/h4-11,13H,12H2,1-3H3. The summed E-state index contributed by atoms with van der Waals surface area (Å²) in [4.78, 5) is 30.7. The summed E-state index contributed by atoms with van der Waals surface area (Å²) in [6.07, 6.45) is 0. The van der Waals surface area contributed by atoms with Crippen molar-refractivity contribution in [2.75, 3.05) is 0 Å². The molecule has 0 aliphatic heterocycles. The first-order valence-corrected chi connectivity index (χ1v) is 9.91. The van der Waals surface area contributed by atoms with Crippen molar-refractivity contribution in [2.24, 2.45) is 18.0 Å². The summed E-state index contributed by atoms with van der Waals surface area (Å²) >= 11 is 1.45. The summed E-state index contributed by atoms with van der Waals surface area (Å²) in [5.74, 6) is -0.220. The van der Waals surface area contributed by atoms with Gasteiger partial charge >= 0.3 is 5.91 Å². The van der Waals surface area contributed by atoms with Gasteiger partial charge in [-0.05, 0) is 24.1 Å². The fourth-order valence-corrected chi connectivity index (χ4v) is 4.21. The van der Waals surface area contributed by atoms with E-state index in [-0.39, 0.29) is 17.2 Å². The van der Waals surface area contributed by atoms with E-state index in [0.29, 0.717) is 22.1 Å². The molecule has 0 bridgehead atoms. The lowest BCUT2D eigenvalue weighted by atomic mass is 10.1. The number of rotatable bonds is 3. The van der Waals surface area contributed by atoms with E-state index in [1.807, 2.05) is 49.7 Å². The second-order valence-electron chi connectivity index (χ2n) is 7.10. The minimum absolute atomic E-state index is 0.187. The monoisotopic (exact) mass is 392 g/mol. The molecule has 0 spiro atoms. The highest BCUT2D eigenvalue weighted by molar-refractivity contribution is 7.16. The number of hydrogen-bond donors (Lipinski definition) is 0. The van der Waals surface area contributed by atoms with Crippen molar-refractivity contribution in [2.45, 2.75) is 20.4 Å². The van der Waals surface area contributed by atoms with Crippen LogP contribution in [0.4, 0.5) is 0 Å². The molecule has 28 heavy (non-hydrogen) atoms. The molecule has 0 aliphatic carbocycles. The minimum Gasteiger partial charge on any atom is -0.319 e. The number of nitrogens with zero attached hydrogens (tertiary/aromatic N) is 4. The number of aryl methyl sites for hydroxylation is 1. The molecule has 2 heterocycles. The number of carbonyl (C=O) groups excluding carboxylic acids is 1. The highest BCUT2D eigenvalue weighted by Gasteiger charge is 2.17. The fourth-order valence-electron chi connectivity index (χ4n) is 3.19. The molecule has 0 saturated heterocycles. The van der Waals surface area contributed by atoms with Crippen LogP contribution in [-0.4, -0.2) is 20.3 Å². The number of carbonyl (C=O) groups is 1. The van der Waals surface area contributed by atoms with Crippen LogP contribution in [0.3, 0.4) is 0 Å². The van der Waals surface area contributed by atoms with Crippen LogP contribution in [0.1, 0.15) is 24.3 Å². The Morgan fingerprint density at radius 2 is 1.79 bits per heavy atom. The number of amides is 1. The van der Waals surface area contributed by atoms with Crippen LogP contribution in [0.5, 0.6) is 0 Å². The molecule has 0 aliphatic rings. The molecule has 2 aromatic carbocycles. The molecule has 2 aromatic heterocycles. The van der Waals surface area contributed by atoms with Gasteiger partial charge in [-0.3, -0.25) is 9.59 Å². The maximum atomic E-state index is 13.1.